The van der Waals surface area contributed by atoms with Crippen LogP contribution in [0.2, 0.25) is 0 Å². The van der Waals surface area contributed by atoms with Crippen molar-refractivity contribution in [2.45, 2.75) is 19.0 Å². The number of hydrogen-bond donors (Lipinski definition) is 1. The molecule has 5 aromatic rings. The number of hydrazone groups is 1. The van der Waals surface area contributed by atoms with E-state index in [-0.39, 0.29) is 11.7 Å². The average molecular weight is 492 g/mol. The second kappa shape index (κ2) is 10.6. The van der Waals surface area contributed by atoms with Crippen molar-refractivity contribution in [1.82, 2.24) is 20.2 Å². The van der Waals surface area contributed by atoms with Crippen LogP contribution in [0.1, 0.15) is 18.1 Å². The topological polar surface area (TPSA) is 72.2 Å². The van der Waals surface area contributed by atoms with Crippen molar-refractivity contribution in [3.63, 3.8) is 0 Å². The fraction of sp³-hybridized carbons (Fsp3) is 0.103. The quantitative estimate of drug-likeness (QED) is 0.171. The van der Waals surface area contributed by atoms with E-state index in [1.807, 2.05) is 72.2 Å². The van der Waals surface area contributed by atoms with Crippen LogP contribution in [-0.4, -0.2) is 32.1 Å². The van der Waals surface area contributed by atoms with Crippen molar-refractivity contribution >= 4 is 34.2 Å². The fourth-order valence-electron chi connectivity index (χ4n) is 3.85. The molecule has 7 heteroatoms. The Labute approximate surface area is 214 Å². The number of amides is 1. The molecule has 0 bridgehead atoms. The standard InChI is InChI=1S/C29H25N5OS/c1-20-12-16-26(17-13-20)34-28(23-9-4-3-5-10-23)32-33-29(34)36-19-27(35)31-30-21(2)24-15-14-22-8-6-7-11-25(22)18-24/h3-18H,19H2,1-2H3,(H,31,35)/b30-21+. The van der Waals surface area contributed by atoms with E-state index in [0.29, 0.717) is 5.16 Å². The van der Waals surface area contributed by atoms with E-state index in [2.05, 4.69) is 64.0 Å². The number of fused-ring (bicyclic) bond motifs is 1. The molecule has 1 amide bonds. The number of nitrogens with one attached hydrogen (secondary N) is 1. The second-order valence-corrected chi connectivity index (χ2v) is 9.37. The van der Waals surface area contributed by atoms with E-state index < -0.39 is 0 Å². The molecule has 1 N–H and O–H groups in total. The SMILES string of the molecule is C/C(=N\NC(=O)CSc1nnc(-c2ccccc2)n1-c1ccc(C)cc1)c1ccc2ccccc2c1. The summed E-state index contributed by atoms with van der Waals surface area (Å²) in [4.78, 5) is 12.6. The molecular formula is C29H25N5OS. The zero-order valence-corrected chi connectivity index (χ0v) is 20.9. The third kappa shape index (κ3) is 5.21. The van der Waals surface area contributed by atoms with Gasteiger partial charge in [-0.2, -0.15) is 5.10 Å². The molecule has 0 aliphatic heterocycles. The first kappa shape index (κ1) is 23.5. The number of aryl methyl sites for hydroxylation is 1. The summed E-state index contributed by atoms with van der Waals surface area (Å²) in [6.45, 7) is 3.94. The molecule has 0 spiro atoms. The summed E-state index contributed by atoms with van der Waals surface area (Å²) in [5.74, 6) is 0.681. The highest BCUT2D eigenvalue weighted by molar-refractivity contribution is 7.99. The van der Waals surface area contributed by atoms with Crippen LogP contribution in [0.25, 0.3) is 27.8 Å². The zero-order valence-electron chi connectivity index (χ0n) is 20.1. The molecule has 36 heavy (non-hydrogen) atoms. The molecule has 1 aromatic heterocycles. The van der Waals surface area contributed by atoms with Crippen molar-refractivity contribution in [2.24, 2.45) is 5.10 Å². The normalized spacial score (nSPS) is 11.6. The number of carbonyl (C=O) groups is 1. The predicted octanol–water partition coefficient (Wildman–Crippen LogP) is 6.03. The summed E-state index contributed by atoms with van der Waals surface area (Å²) in [5.41, 5.74) is 7.45. The minimum atomic E-state index is -0.208. The minimum absolute atomic E-state index is 0.160. The van der Waals surface area contributed by atoms with E-state index in [1.54, 1.807) is 0 Å². The third-order valence-corrected chi connectivity index (χ3v) is 6.73. The lowest BCUT2D eigenvalue weighted by Crippen LogP contribution is -2.21. The van der Waals surface area contributed by atoms with E-state index in [1.165, 1.54) is 22.7 Å². The lowest BCUT2D eigenvalue weighted by Gasteiger charge is -2.10. The Balaban J connectivity index is 1.32. The fourth-order valence-corrected chi connectivity index (χ4v) is 4.60. The van der Waals surface area contributed by atoms with Gasteiger partial charge in [0, 0.05) is 11.3 Å². The Bertz CT molecular complexity index is 1540. The molecule has 0 fully saturated rings. The van der Waals surface area contributed by atoms with Crippen LogP contribution < -0.4 is 5.43 Å². The Kier molecular flexibility index (Phi) is 6.91. The second-order valence-electron chi connectivity index (χ2n) is 8.43. The first-order chi connectivity index (χ1) is 17.6. The molecule has 0 radical (unpaired) electrons. The van der Waals surface area contributed by atoms with Crippen LogP contribution in [0.3, 0.4) is 0 Å². The Morgan fingerprint density at radius 1 is 0.889 bits per heavy atom. The minimum Gasteiger partial charge on any atom is -0.272 e. The molecule has 1 heterocycles. The largest absolute Gasteiger partial charge is 0.272 e. The van der Waals surface area contributed by atoms with Gasteiger partial charge in [-0.05, 0) is 48.4 Å². The molecule has 0 saturated carbocycles. The third-order valence-electron chi connectivity index (χ3n) is 5.81. The molecule has 4 aromatic carbocycles. The van der Waals surface area contributed by atoms with E-state index in [4.69, 9.17) is 0 Å². The number of thioether (sulfide) groups is 1. The average Bonchev–Trinajstić information content (AvgIpc) is 3.35. The van der Waals surface area contributed by atoms with Gasteiger partial charge in [-0.15, -0.1) is 10.2 Å². The lowest BCUT2D eigenvalue weighted by molar-refractivity contribution is -0.118. The summed E-state index contributed by atoms with van der Waals surface area (Å²) < 4.78 is 1.98. The van der Waals surface area contributed by atoms with Crippen LogP contribution in [0, 0.1) is 6.92 Å². The molecule has 5 rings (SSSR count). The van der Waals surface area contributed by atoms with Gasteiger partial charge < -0.3 is 0 Å². The van der Waals surface area contributed by atoms with Crippen LogP contribution in [0.5, 0.6) is 0 Å². The van der Waals surface area contributed by atoms with Gasteiger partial charge in [0.1, 0.15) is 0 Å². The van der Waals surface area contributed by atoms with E-state index >= 15 is 0 Å². The van der Waals surface area contributed by atoms with Gasteiger partial charge in [-0.3, -0.25) is 9.36 Å². The van der Waals surface area contributed by atoms with Crippen LogP contribution in [-0.2, 0) is 4.79 Å². The monoisotopic (exact) mass is 491 g/mol. The van der Waals surface area contributed by atoms with Gasteiger partial charge in [-0.25, -0.2) is 5.43 Å². The number of carbonyl (C=O) groups excluding carboxylic acids is 1. The van der Waals surface area contributed by atoms with Gasteiger partial charge in [0.25, 0.3) is 5.91 Å². The maximum Gasteiger partial charge on any atom is 0.250 e. The molecule has 0 aliphatic carbocycles. The summed E-state index contributed by atoms with van der Waals surface area (Å²) >= 11 is 1.33. The van der Waals surface area contributed by atoms with Gasteiger partial charge in [-0.1, -0.05) is 96.2 Å². The van der Waals surface area contributed by atoms with Crippen molar-refractivity contribution < 1.29 is 4.79 Å². The van der Waals surface area contributed by atoms with Crippen molar-refractivity contribution in [1.29, 1.82) is 0 Å². The zero-order chi connectivity index (χ0) is 24.9. The maximum absolute atomic E-state index is 12.6. The molecule has 0 unspecified atom stereocenters. The predicted molar refractivity (Wildman–Crippen MR) is 147 cm³/mol. The highest BCUT2D eigenvalue weighted by Crippen LogP contribution is 2.28. The van der Waals surface area contributed by atoms with Crippen LogP contribution in [0.15, 0.2) is 107 Å². The number of hydrogen-bond acceptors (Lipinski definition) is 5. The van der Waals surface area contributed by atoms with Crippen LogP contribution >= 0.6 is 11.8 Å². The van der Waals surface area contributed by atoms with Gasteiger partial charge in [0.15, 0.2) is 11.0 Å². The van der Waals surface area contributed by atoms with Crippen LogP contribution in [0.4, 0.5) is 0 Å². The maximum atomic E-state index is 12.6. The Morgan fingerprint density at radius 2 is 1.61 bits per heavy atom. The molecular weight excluding hydrogens is 466 g/mol. The summed E-state index contributed by atoms with van der Waals surface area (Å²) in [5, 5.41) is 16.1. The number of nitrogens with zero attached hydrogens (tertiary/aromatic N) is 4. The first-order valence-corrected chi connectivity index (χ1v) is 12.6. The Morgan fingerprint density at radius 3 is 2.39 bits per heavy atom. The van der Waals surface area contributed by atoms with E-state index in [9.17, 15) is 4.79 Å². The summed E-state index contributed by atoms with van der Waals surface area (Å²) in [6, 6.07) is 32.4. The van der Waals surface area contributed by atoms with Crippen molar-refractivity contribution in [3.8, 4) is 17.1 Å². The molecule has 0 aliphatic rings. The van der Waals surface area contributed by atoms with Gasteiger partial charge in [0.2, 0.25) is 0 Å². The molecule has 6 nitrogen and oxygen atoms in total. The van der Waals surface area contributed by atoms with E-state index in [0.717, 1.165) is 33.7 Å². The van der Waals surface area contributed by atoms with Gasteiger partial charge in [0.05, 0.1) is 11.5 Å². The van der Waals surface area contributed by atoms with Crippen molar-refractivity contribution in [2.75, 3.05) is 5.75 Å². The summed E-state index contributed by atoms with van der Waals surface area (Å²) in [7, 11) is 0. The highest BCUT2D eigenvalue weighted by Gasteiger charge is 2.17. The molecule has 0 saturated heterocycles. The van der Waals surface area contributed by atoms with Crippen molar-refractivity contribution in [3.05, 3.63) is 108 Å². The smallest absolute Gasteiger partial charge is 0.250 e. The lowest BCUT2D eigenvalue weighted by atomic mass is 10.0. The Hall–Kier alpha value is -4.23. The molecule has 0 atom stereocenters. The highest BCUT2D eigenvalue weighted by atomic mass is 32.2. The number of aromatic nitrogens is 3. The molecule has 178 valence electrons. The van der Waals surface area contributed by atoms with Gasteiger partial charge >= 0.3 is 0 Å². The first-order valence-electron chi connectivity index (χ1n) is 11.6. The summed E-state index contributed by atoms with van der Waals surface area (Å²) in [6.07, 6.45) is 0. The number of rotatable bonds is 7. The number of benzene rings is 4.